The number of halogens is 5. The van der Waals surface area contributed by atoms with Crippen LogP contribution in [-0.2, 0) is 19.1 Å². The molecule has 4 aliphatic rings. The predicted molar refractivity (Wildman–Crippen MR) is 82.8 cm³/mol. The Morgan fingerprint density at radius 3 is 1.93 bits per heavy atom. The van der Waals surface area contributed by atoms with E-state index in [1.165, 1.54) is 6.92 Å². The first kappa shape index (κ1) is 20.1. The van der Waals surface area contributed by atoms with Crippen LogP contribution >= 0.6 is 0 Å². The number of rotatable bonds is 5. The molecule has 4 fully saturated rings. The molecule has 0 heterocycles. The molecular formula is C18H21F5O4. The van der Waals surface area contributed by atoms with Gasteiger partial charge in [0.2, 0.25) is 0 Å². The molecule has 2 atom stereocenters. The van der Waals surface area contributed by atoms with E-state index in [0.29, 0.717) is 25.7 Å². The first-order valence-corrected chi connectivity index (χ1v) is 8.80. The number of hydrogen-bond acceptors (Lipinski definition) is 4. The van der Waals surface area contributed by atoms with Crippen molar-refractivity contribution >= 4 is 11.9 Å². The number of carbonyl (C=O) groups is 2. The van der Waals surface area contributed by atoms with Gasteiger partial charge in [-0.05, 0) is 50.9 Å². The summed E-state index contributed by atoms with van der Waals surface area (Å²) in [5.74, 6) is -7.17. The Morgan fingerprint density at radius 1 is 1.00 bits per heavy atom. The van der Waals surface area contributed by atoms with Gasteiger partial charge in [-0.25, -0.2) is 4.79 Å². The highest BCUT2D eigenvalue weighted by molar-refractivity contribution is 5.87. The number of esters is 2. The van der Waals surface area contributed by atoms with Gasteiger partial charge in [0.15, 0.2) is 0 Å². The van der Waals surface area contributed by atoms with Gasteiger partial charge in [0.25, 0.3) is 0 Å². The highest BCUT2D eigenvalue weighted by Gasteiger charge is 2.63. The molecule has 0 aromatic rings. The fourth-order valence-corrected chi connectivity index (χ4v) is 5.18. The predicted octanol–water partition coefficient (Wildman–Crippen LogP) is 4.33. The van der Waals surface area contributed by atoms with Crippen LogP contribution in [0.25, 0.3) is 0 Å². The van der Waals surface area contributed by atoms with E-state index in [-0.39, 0.29) is 23.8 Å². The van der Waals surface area contributed by atoms with E-state index in [2.05, 4.69) is 6.58 Å². The lowest BCUT2D eigenvalue weighted by atomic mass is 9.52. The summed E-state index contributed by atoms with van der Waals surface area (Å²) in [5, 5.41) is 0. The molecule has 4 aliphatic carbocycles. The quantitative estimate of drug-likeness (QED) is 0.394. The minimum atomic E-state index is -5.81. The first-order chi connectivity index (χ1) is 12.2. The van der Waals surface area contributed by atoms with E-state index >= 15 is 0 Å². The Kier molecular flexibility index (Phi) is 4.59. The molecule has 9 heteroatoms. The van der Waals surface area contributed by atoms with Crippen LogP contribution in [0, 0.1) is 11.8 Å². The van der Waals surface area contributed by atoms with E-state index < -0.39 is 41.7 Å². The lowest BCUT2D eigenvalue weighted by Crippen LogP contribution is -2.62. The largest absolute Gasteiger partial charge is 0.459 e. The maximum absolute atomic E-state index is 13.2. The summed E-state index contributed by atoms with van der Waals surface area (Å²) in [6, 6.07) is 0. The van der Waals surface area contributed by atoms with E-state index in [1.807, 2.05) is 0 Å². The van der Waals surface area contributed by atoms with Crippen LogP contribution in [0.4, 0.5) is 22.0 Å². The Hall–Kier alpha value is -1.67. The SMILES string of the molecule is C=C(C)C(=O)OC12CC3CC(CC(OC(=O)CC(F)(F)C(F)(F)F)(C3)C1)C2. The smallest absolute Gasteiger partial charge is 0.453 e. The average molecular weight is 396 g/mol. The lowest BCUT2D eigenvalue weighted by Gasteiger charge is -2.60. The van der Waals surface area contributed by atoms with Crippen molar-refractivity contribution in [3.8, 4) is 0 Å². The minimum absolute atomic E-state index is 0.0695. The Bertz CT molecular complexity index is 655. The van der Waals surface area contributed by atoms with Gasteiger partial charge in [0.05, 0.1) is 0 Å². The number of carbonyl (C=O) groups excluding carboxylic acids is 2. The molecule has 0 radical (unpaired) electrons. The maximum atomic E-state index is 13.2. The fraction of sp³-hybridized carbons (Fsp3) is 0.778. The normalized spacial score (nSPS) is 35.0. The summed E-state index contributed by atoms with van der Waals surface area (Å²) in [6.45, 7) is 5.03. The van der Waals surface area contributed by atoms with E-state index in [4.69, 9.17) is 9.47 Å². The minimum Gasteiger partial charge on any atom is -0.459 e. The van der Waals surface area contributed by atoms with Gasteiger partial charge in [0, 0.05) is 12.0 Å². The van der Waals surface area contributed by atoms with Crippen LogP contribution in [0.15, 0.2) is 12.2 Å². The molecule has 27 heavy (non-hydrogen) atoms. The van der Waals surface area contributed by atoms with E-state index in [1.54, 1.807) is 0 Å². The second-order valence-corrected chi connectivity index (χ2v) is 8.35. The summed E-state index contributed by atoms with van der Waals surface area (Å²) in [5.41, 5.74) is -1.83. The van der Waals surface area contributed by atoms with Crippen molar-refractivity contribution in [2.24, 2.45) is 11.8 Å². The van der Waals surface area contributed by atoms with Gasteiger partial charge in [-0.2, -0.15) is 22.0 Å². The summed E-state index contributed by atoms with van der Waals surface area (Å²) >= 11 is 0. The van der Waals surface area contributed by atoms with Crippen LogP contribution in [0.1, 0.15) is 51.9 Å². The van der Waals surface area contributed by atoms with Crippen LogP contribution in [0.3, 0.4) is 0 Å². The molecule has 4 rings (SSSR count). The van der Waals surface area contributed by atoms with Crippen LogP contribution in [-0.4, -0.2) is 35.2 Å². The maximum Gasteiger partial charge on any atom is 0.453 e. The molecule has 0 saturated heterocycles. The molecule has 0 aliphatic heterocycles. The summed E-state index contributed by atoms with van der Waals surface area (Å²) in [7, 11) is 0. The second kappa shape index (κ2) is 6.17. The molecule has 4 bridgehead atoms. The molecule has 4 saturated carbocycles. The van der Waals surface area contributed by atoms with Crippen molar-refractivity contribution in [3.63, 3.8) is 0 Å². The molecule has 4 nitrogen and oxygen atoms in total. The molecule has 0 aromatic heterocycles. The van der Waals surface area contributed by atoms with Gasteiger partial charge in [-0.15, -0.1) is 0 Å². The number of hydrogen-bond donors (Lipinski definition) is 0. The van der Waals surface area contributed by atoms with Gasteiger partial charge >= 0.3 is 24.0 Å². The van der Waals surface area contributed by atoms with Crippen molar-refractivity contribution < 1.29 is 41.0 Å². The van der Waals surface area contributed by atoms with Gasteiger partial charge in [-0.3, -0.25) is 4.79 Å². The Balaban J connectivity index is 1.75. The number of ether oxygens (including phenoxy) is 2. The van der Waals surface area contributed by atoms with Crippen molar-refractivity contribution in [2.45, 2.75) is 75.2 Å². The second-order valence-electron chi connectivity index (χ2n) is 8.35. The third-order valence-electron chi connectivity index (χ3n) is 5.72. The van der Waals surface area contributed by atoms with Gasteiger partial charge in [-0.1, -0.05) is 6.58 Å². The zero-order valence-corrected chi connectivity index (χ0v) is 14.8. The highest BCUT2D eigenvalue weighted by Crippen LogP contribution is 2.60. The molecule has 0 N–H and O–H groups in total. The topological polar surface area (TPSA) is 52.6 Å². The molecular weight excluding hydrogens is 375 g/mol. The standard InChI is InChI=1S/C18H21F5O4/c1-10(2)14(25)27-16-6-11-3-12(7-16)5-15(4-11,9-16)26-13(24)8-17(19,20)18(21,22)23/h11-12H,1,3-9H2,2H3. The summed E-state index contributed by atoms with van der Waals surface area (Å²) in [4.78, 5) is 23.9. The molecule has 152 valence electrons. The zero-order chi connectivity index (χ0) is 20.3. The molecule has 0 aromatic carbocycles. The van der Waals surface area contributed by atoms with Crippen molar-refractivity contribution in [1.29, 1.82) is 0 Å². The monoisotopic (exact) mass is 396 g/mol. The average Bonchev–Trinajstić information content (AvgIpc) is 2.41. The third kappa shape index (κ3) is 3.82. The van der Waals surface area contributed by atoms with Crippen LogP contribution < -0.4 is 0 Å². The lowest BCUT2D eigenvalue weighted by molar-refractivity contribution is -0.287. The van der Waals surface area contributed by atoms with Crippen LogP contribution in [0.2, 0.25) is 0 Å². The van der Waals surface area contributed by atoms with Gasteiger partial charge in [0.1, 0.15) is 17.6 Å². The Labute approximate surface area is 153 Å². The summed E-state index contributed by atoms with van der Waals surface area (Å²) in [6.07, 6.45) is -4.99. The number of alkyl halides is 5. The Morgan fingerprint density at radius 2 is 1.48 bits per heavy atom. The third-order valence-corrected chi connectivity index (χ3v) is 5.72. The summed E-state index contributed by atoms with van der Waals surface area (Å²) < 4.78 is 74.2. The van der Waals surface area contributed by atoms with Crippen molar-refractivity contribution in [2.75, 3.05) is 0 Å². The fourth-order valence-electron chi connectivity index (χ4n) is 5.18. The van der Waals surface area contributed by atoms with E-state index in [9.17, 15) is 31.5 Å². The van der Waals surface area contributed by atoms with E-state index in [0.717, 1.165) is 6.42 Å². The molecule has 0 amide bonds. The molecule has 2 unspecified atom stereocenters. The van der Waals surface area contributed by atoms with Crippen molar-refractivity contribution in [3.05, 3.63) is 12.2 Å². The highest BCUT2D eigenvalue weighted by atomic mass is 19.4. The molecule has 0 spiro atoms. The van der Waals surface area contributed by atoms with Crippen LogP contribution in [0.5, 0.6) is 0 Å². The first-order valence-electron chi connectivity index (χ1n) is 8.80. The van der Waals surface area contributed by atoms with Crippen molar-refractivity contribution in [1.82, 2.24) is 0 Å². The van der Waals surface area contributed by atoms with Gasteiger partial charge < -0.3 is 9.47 Å². The zero-order valence-electron chi connectivity index (χ0n) is 14.8.